The molecule has 2 nitrogen and oxygen atoms in total. The second-order valence-electron chi connectivity index (χ2n) is 4.96. The molecule has 4 heteroatoms. The molecule has 20 heavy (non-hydrogen) atoms. The molecule has 0 aliphatic carbocycles. The molecule has 1 aromatic carbocycles. The van der Waals surface area contributed by atoms with E-state index >= 15 is 0 Å². The van der Waals surface area contributed by atoms with Crippen LogP contribution >= 0.6 is 23.2 Å². The third kappa shape index (κ3) is 5.61. The number of nitrogens with zero attached hydrogens (tertiary/aromatic N) is 1. The predicted molar refractivity (Wildman–Crippen MR) is 89.9 cm³/mol. The summed E-state index contributed by atoms with van der Waals surface area (Å²) >= 11 is 12.2. The van der Waals surface area contributed by atoms with Crippen LogP contribution in [0.25, 0.3) is 0 Å². The van der Waals surface area contributed by atoms with Gasteiger partial charge >= 0.3 is 0 Å². The molecule has 0 amide bonds. The quantitative estimate of drug-likeness (QED) is 0.660. The first-order chi connectivity index (χ1) is 9.62. The van der Waals surface area contributed by atoms with Crippen molar-refractivity contribution in [3.63, 3.8) is 0 Å². The van der Waals surface area contributed by atoms with Gasteiger partial charge < -0.3 is 10.2 Å². The van der Waals surface area contributed by atoms with E-state index in [1.54, 1.807) is 0 Å². The van der Waals surface area contributed by atoms with Crippen LogP contribution in [0.5, 0.6) is 0 Å². The van der Waals surface area contributed by atoms with Crippen LogP contribution in [0, 0.1) is 0 Å². The maximum Gasteiger partial charge on any atom is 0.0468 e. The molecule has 0 bridgehead atoms. The molecule has 0 saturated heterocycles. The largest absolute Gasteiger partial charge is 0.310 e. The van der Waals surface area contributed by atoms with Crippen molar-refractivity contribution in [3.05, 3.63) is 33.8 Å². The first-order valence-corrected chi connectivity index (χ1v) is 8.28. The normalized spacial score (nSPS) is 12.9. The van der Waals surface area contributed by atoms with Gasteiger partial charge in [0, 0.05) is 16.1 Å². The monoisotopic (exact) mass is 316 g/mol. The number of hydrogen-bond donors (Lipinski definition) is 1. The van der Waals surface area contributed by atoms with Crippen molar-refractivity contribution >= 4 is 23.2 Å². The van der Waals surface area contributed by atoms with E-state index in [1.807, 2.05) is 18.2 Å². The Bertz CT molecular complexity index is 392. The summed E-state index contributed by atoms with van der Waals surface area (Å²) in [5.74, 6) is 0. The number of hydrogen-bond acceptors (Lipinski definition) is 2. The Labute approximate surface area is 133 Å². The van der Waals surface area contributed by atoms with E-state index in [1.165, 1.54) is 0 Å². The van der Waals surface area contributed by atoms with Gasteiger partial charge in [0.15, 0.2) is 0 Å². The van der Waals surface area contributed by atoms with Gasteiger partial charge in [-0.15, -0.1) is 0 Å². The third-order valence-electron chi connectivity index (χ3n) is 3.68. The van der Waals surface area contributed by atoms with Crippen molar-refractivity contribution < 1.29 is 0 Å². The zero-order chi connectivity index (χ0) is 15.0. The summed E-state index contributed by atoms with van der Waals surface area (Å²) in [5, 5.41) is 5.04. The zero-order valence-electron chi connectivity index (χ0n) is 12.8. The Kier molecular flexibility index (Phi) is 8.55. The van der Waals surface area contributed by atoms with Crippen molar-refractivity contribution in [2.45, 2.75) is 39.7 Å². The second-order valence-corrected chi connectivity index (χ2v) is 5.80. The molecule has 1 rings (SSSR count). The van der Waals surface area contributed by atoms with Crippen LogP contribution in [0.1, 0.15) is 45.2 Å². The summed E-state index contributed by atoms with van der Waals surface area (Å²) in [7, 11) is 0. The van der Waals surface area contributed by atoms with Gasteiger partial charge in [-0.05, 0) is 56.7 Å². The number of rotatable bonds is 9. The molecule has 0 aliphatic rings. The fourth-order valence-electron chi connectivity index (χ4n) is 2.38. The summed E-state index contributed by atoms with van der Waals surface area (Å²) in [5.41, 5.74) is 1.14. The number of halogens is 2. The molecular formula is C16H26Cl2N2. The minimum absolute atomic E-state index is 0.302. The van der Waals surface area contributed by atoms with Crippen LogP contribution in [0.2, 0.25) is 10.0 Å². The summed E-state index contributed by atoms with van der Waals surface area (Å²) in [6, 6.07) is 6.05. The molecule has 1 unspecified atom stereocenters. The van der Waals surface area contributed by atoms with Crippen LogP contribution in [0.15, 0.2) is 18.2 Å². The summed E-state index contributed by atoms with van der Waals surface area (Å²) in [6.07, 6.45) is 2.18. The van der Waals surface area contributed by atoms with Crippen LogP contribution in [0.3, 0.4) is 0 Å². The minimum Gasteiger partial charge on any atom is -0.310 e. The van der Waals surface area contributed by atoms with Crippen molar-refractivity contribution in [1.29, 1.82) is 0 Å². The van der Waals surface area contributed by atoms with Gasteiger partial charge in [-0.1, -0.05) is 50.0 Å². The SMILES string of the molecule is CCC(NCCCN(CC)CC)c1ccc(Cl)cc1Cl. The van der Waals surface area contributed by atoms with Crippen molar-refractivity contribution in [2.24, 2.45) is 0 Å². The third-order valence-corrected chi connectivity index (χ3v) is 4.24. The molecular weight excluding hydrogens is 291 g/mol. The lowest BCUT2D eigenvalue weighted by atomic mass is 10.0. The summed E-state index contributed by atoms with van der Waals surface area (Å²) in [4.78, 5) is 2.44. The lowest BCUT2D eigenvalue weighted by molar-refractivity contribution is 0.295. The molecule has 0 spiro atoms. The molecule has 0 heterocycles. The van der Waals surface area contributed by atoms with Crippen LogP contribution in [-0.2, 0) is 0 Å². The van der Waals surface area contributed by atoms with Gasteiger partial charge in [0.25, 0.3) is 0 Å². The average molecular weight is 317 g/mol. The second kappa shape index (κ2) is 9.62. The van der Waals surface area contributed by atoms with E-state index in [0.29, 0.717) is 11.1 Å². The first kappa shape index (κ1) is 17.8. The molecule has 0 fully saturated rings. The van der Waals surface area contributed by atoms with Crippen LogP contribution in [-0.4, -0.2) is 31.1 Å². The highest BCUT2D eigenvalue weighted by Crippen LogP contribution is 2.27. The Morgan fingerprint density at radius 3 is 2.40 bits per heavy atom. The molecule has 1 N–H and O–H groups in total. The van der Waals surface area contributed by atoms with Gasteiger partial charge in [0.05, 0.1) is 0 Å². The highest BCUT2D eigenvalue weighted by molar-refractivity contribution is 6.35. The van der Waals surface area contributed by atoms with E-state index in [9.17, 15) is 0 Å². The average Bonchev–Trinajstić information content (AvgIpc) is 2.44. The summed E-state index contributed by atoms with van der Waals surface area (Å²) < 4.78 is 0. The highest BCUT2D eigenvalue weighted by Gasteiger charge is 2.12. The topological polar surface area (TPSA) is 15.3 Å². The van der Waals surface area contributed by atoms with Crippen molar-refractivity contribution in [1.82, 2.24) is 10.2 Å². The lowest BCUT2D eigenvalue weighted by Gasteiger charge is -2.21. The molecule has 0 radical (unpaired) electrons. The van der Waals surface area contributed by atoms with Crippen LogP contribution < -0.4 is 5.32 Å². The molecule has 1 aromatic rings. The summed E-state index contributed by atoms with van der Waals surface area (Å²) in [6.45, 7) is 11.0. The smallest absolute Gasteiger partial charge is 0.0468 e. The van der Waals surface area contributed by atoms with E-state index in [0.717, 1.165) is 49.6 Å². The Morgan fingerprint density at radius 1 is 1.15 bits per heavy atom. The van der Waals surface area contributed by atoms with E-state index in [-0.39, 0.29) is 0 Å². The molecule has 0 saturated carbocycles. The zero-order valence-corrected chi connectivity index (χ0v) is 14.3. The van der Waals surface area contributed by atoms with Crippen LogP contribution in [0.4, 0.5) is 0 Å². The molecule has 114 valence electrons. The van der Waals surface area contributed by atoms with Gasteiger partial charge in [-0.3, -0.25) is 0 Å². The molecule has 0 aliphatic heterocycles. The van der Waals surface area contributed by atoms with E-state index in [2.05, 4.69) is 31.0 Å². The van der Waals surface area contributed by atoms with E-state index in [4.69, 9.17) is 23.2 Å². The van der Waals surface area contributed by atoms with Gasteiger partial charge in [-0.25, -0.2) is 0 Å². The highest BCUT2D eigenvalue weighted by atomic mass is 35.5. The van der Waals surface area contributed by atoms with Crippen molar-refractivity contribution in [3.8, 4) is 0 Å². The fourth-order valence-corrected chi connectivity index (χ4v) is 2.92. The van der Waals surface area contributed by atoms with Crippen molar-refractivity contribution in [2.75, 3.05) is 26.2 Å². The number of nitrogens with one attached hydrogen (secondary N) is 1. The predicted octanol–water partition coefficient (Wildman–Crippen LogP) is 4.77. The first-order valence-electron chi connectivity index (χ1n) is 7.53. The lowest BCUT2D eigenvalue weighted by Crippen LogP contribution is -2.28. The Morgan fingerprint density at radius 2 is 1.85 bits per heavy atom. The van der Waals surface area contributed by atoms with Gasteiger partial charge in [-0.2, -0.15) is 0 Å². The van der Waals surface area contributed by atoms with Gasteiger partial charge in [0.2, 0.25) is 0 Å². The van der Waals surface area contributed by atoms with E-state index < -0.39 is 0 Å². The molecule has 1 atom stereocenters. The maximum atomic E-state index is 6.28. The standard InChI is InChI=1S/C16H26Cl2N2/c1-4-16(14-9-8-13(17)12-15(14)18)19-10-7-11-20(5-2)6-3/h8-9,12,16,19H,4-7,10-11H2,1-3H3. The Hall–Kier alpha value is -0.280. The molecule has 0 aromatic heterocycles. The fraction of sp³-hybridized carbons (Fsp3) is 0.625. The minimum atomic E-state index is 0.302. The maximum absolute atomic E-state index is 6.28. The van der Waals surface area contributed by atoms with Gasteiger partial charge in [0.1, 0.15) is 0 Å². The number of benzene rings is 1. The Balaban J connectivity index is 2.47.